The lowest BCUT2D eigenvalue weighted by molar-refractivity contribution is 0.00644. The highest BCUT2D eigenvalue weighted by Gasteiger charge is 2.04. The molecule has 0 heterocycles. The van der Waals surface area contributed by atoms with Crippen LogP contribution in [-0.4, -0.2) is 62.6 Å². The summed E-state index contributed by atoms with van der Waals surface area (Å²) < 4.78 is 5.30. The zero-order valence-corrected chi connectivity index (χ0v) is 10.5. The molecule has 92 valence electrons. The molecule has 0 radical (unpaired) electrons. The molecule has 15 heavy (non-hydrogen) atoms. The molecule has 0 saturated heterocycles. The first-order valence-corrected chi connectivity index (χ1v) is 5.67. The molecule has 1 atom stereocenters. The van der Waals surface area contributed by atoms with E-state index in [4.69, 9.17) is 4.74 Å². The monoisotopic (exact) mass is 218 g/mol. The van der Waals surface area contributed by atoms with Crippen LogP contribution in [0.3, 0.4) is 0 Å². The highest BCUT2D eigenvalue weighted by Crippen LogP contribution is 1.91. The van der Waals surface area contributed by atoms with Gasteiger partial charge in [-0.2, -0.15) is 0 Å². The van der Waals surface area contributed by atoms with Gasteiger partial charge < -0.3 is 20.1 Å². The topological polar surface area (TPSA) is 44.7 Å². The Morgan fingerprint density at radius 2 is 2.00 bits per heavy atom. The maximum Gasteiger partial charge on any atom is 0.0897 e. The molecule has 0 rings (SSSR count). The van der Waals surface area contributed by atoms with E-state index in [-0.39, 0.29) is 6.10 Å². The molecule has 4 heteroatoms. The Balaban J connectivity index is 3.20. The van der Waals surface area contributed by atoms with Crippen LogP contribution in [0.2, 0.25) is 0 Å². The maximum absolute atomic E-state index is 9.51. The van der Waals surface area contributed by atoms with Crippen LogP contribution >= 0.6 is 0 Å². The number of aliphatic hydroxyl groups excluding tert-OH is 1. The van der Waals surface area contributed by atoms with Gasteiger partial charge in [-0.15, -0.1) is 0 Å². The fourth-order valence-corrected chi connectivity index (χ4v) is 1.15. The van der Waals surface area contributed by atoms with Crippen molar-refractivity contribution in [2.24, 2.45) is 0 Å². The third kappa shape index (κ3) is 11.8. The van der Waals surface area contributed by atoms with E-state index in [9.17, 15) is 5.11 Å². The summed E-state index contributed by atoms with van der Waals surface area (Å²) in [7, 11) is 4.12. The summed E-state index contributed by atoms with van der Waals surface area (Å²) in [6, 6.07) is 0. The Kier molecular flexibility index (Phi) is 9.00. The third-order valence-electron chi connectivity index (χ3n) is 1.96. The average molecular weight is 218 g/mol. The van der Waals surface area contributed by atoms with Crippen LogP contribution in [0.4, 0.5) is 0 Å². The van der Waals surface area contributed by atoms with Crippen molar-refractivity contribution in [1.29, 1.82) is 0 Å². The highest BCUT2D eigenvalue weighted by atomic mass is 16.5. The molecule has 0 aliphatic heterocycles. The summed E-state index contributed by atoms with van der Waals surface area (Å²) in [5, 5.41) is 12.7. The van der Waals surface area contributed by atoms with E-state index in [0.717, 1.165) is 19.5 Å². The highest BCUT2D eigenvalue weighted by molar-refractivity contribution is 4.59. The van der Waals surface area contributed by atoms with Gasteiger partial charge >= 0.3 is 0 Å². The second-order valence-electron chi connectivity index (χ2n) is 4.40. The summed E-state index contributed by atoms with van der Waals surface area (Å²) in [6.45, 7) is 6.98. The van der Waals surface area contributed by atoms with Gasteiger partial charge in [0, 0.05) is 6.54 Å². The first-order valence-electron chi connectivity index (χ1n) is 5.67. The minimum atomic E-state index is -0.397. The zero-order chi connectivity index (χ0) is 11.7. The van der Waals surface area contributed by atoms with Crippen LogP contribution < -0.4 is 5.32 Å². The number of hydrogen-bond donors (Lipinski definition) is 2. The summed E-state index contributed by atoms with van der Waals surface area (Å²) in [4.78, 5) is 2.15. The number of aliphatic hydroxyl groups is 1. The van der Waals surface area contributed by atoms with Gasteiger partial charge in [-0.25, -0.2) is 0 Å². The lowest BCUT2D eigenvalue weighted by Crippen LogP contribution is -2.32. The Morgan fingerprint density at radius 3 is 2.53 bits per heavy atom. The lowest BCUT2D eigenvalue weighted by Gasteiger charge is -2.14. The van der Waals surface area contributed by atoms with Crippen molar-refractivity contribution >= 4 is 0 Å². The molecule has 0 bridgehead atoms. The van der Waals surface area contributed by atoms with E-state index in [1.807, 2.05) is 13.8 Å². The Hall–Kier alpha value is -0.160. The van der Waals surface area contributed by atoms with Gasteiger partial charge in [0.05, 0.1) is 18.8 Å². The predicted molar refractivity (Wildman–Crippen MR) is 63.1 cm³/mol. The van der Waals surface area contributed by atoms with Crippen LogP contribution in [0.25, 0.3) is 0 Å². The van der Waals surface area contributed by atoms with Gasteiger partial charge in [-0.1, -0.05) is 0 Å². The molecule has 2 N–H and O–H groups in total. The molecule has 0 aromatic carbocycles. The minimum Gasteiger partial charge on any atom is -0.389 e. The number of rotatable bonds is 9. The number of nitrogens with one attached hydrogen (secondary N) is 1. The number of nitrogens with zero attached hydrogens (tertiary/aromatic N) is 1. The molecule has 1 unspecified atom stereocenters. The first kappa shape index (κ1) is 14.8. The Labute approximate surface area is 93.6 Å². The fourth-order valence-electron chi connectivity index (χ4n) is 1.15. The van der Waals surface area contributed by atoms with Crippen molar-refractivity contribution < 1.29 is 9.84 Å². The van der Waals surface area contributed by atoms with Crippen molar-refractivity contribution in [2.75, 3.05) is 40.3 Å². The summed E-state index contributed by atoms with van der Waals surface area (Å²) >= 11 is 0. The van der Waals surface area contributed by atoms with Gasteiger partial charge in [-0.3, -0.25) is 0 Å². The van der Waals surface area contributed by atoms with E-state index in [2.05, 4.69) is 24.3 Å². The van der Waals surface area contributed by atoms with Gasteiger partial charge in [-0.05, 0) is 47.5 Å². The molecule has 0 aliphatic rings. The SMILES string of the molecule is CC(C)OCC(O)CNCCCN(C)C. The van der Waals surface area contributed by atoms with E-state index >= 15 is 0 Å². The number of ether oxygens (including phenoxy) is 1. The van der Waals surface area contributed by atoms with Crippen LogP contribution in [0.5, 0.6) is 0 Å². The van der Waals surface area contributed by atoms with Crippen LogP contribution in [0.1, 0.15) is 20.3 Å². The van der Waals surface area contributed by atoms with E-state index in [1.165, 1.54) is 0 Å². The Bertz CT molecular complexity index is 141. The second kappa shape index (κ2) is 9.09. The fraction of sp³-hybridized carbons (Fsp3) is 1.00. The zero-order valence-electron chi connectivity index (χ0n) is 10.5. The number of hydrogen-bond acceptors (Lipinski definition) is 4. The summed E-state index contributed by atoms with van der Waals surface area (Å²) in [5.74, 6) is 0. The molecule has 0 saturated carbocycles. The Morgan fingerprint density at radius 1 is 1.33 bits per heavy atom. The minimum absolute atomic E-state index is 0.188. The quantitative estimate of drug-likeness (QED) is 0.547. The molecule has 4 nitrogen and oxygen atoms in total. The summed E-state index contributed by atoms with van der Waals surface area (Å²) in [6.07, 6.45) is 0.894. The van der Waals surface area contributed by atoms with Gasteiger partial charge in [0.25, 0.3) is 0 Å². The van der Waals surface area contributed by atoms with Gasteiger partial charge in [0.1, 0.15) is 0 Å². The smallest absolute Gasteiger partial charge is 0.0897 e. The normalized spacial score (nSPS) is 13.8. The van der Waals surface area contributed by atoms with Gasteiger partial charge in [0.2, 0.25) is 0 Å². The third-order valence-corrected chi connectivity index (χ3v) is 1.96. The maximum atomic E-state index is 9.51. The molecule has 0 fully saturated rings. The van der Waals surface area contributed by atoms with Crippen molar-refractivity contribution in [2.45, 2.75) is 32.5 Å². The summed E-state index contributed by atoms with van der Waals surface area (Å²) in [5.41, 5.74) is 0. The standard InChI is InChI=1S/C11H26N2O2/c1-10(2)15-9-11(14)8-12-6-5-7-13(3)4/h10-12,14H,5-9H2,1-4H3. The lowest BCUT2D eigenvalue weighted by atomic mass is 10.3. The molecule has 0 spiro atoms. The van der Waals surface area contributed by atoms with E-state index in [0.29, 0.717) is 13.2 Å². The molecular weight excluding hydrogens is 192 g/mol. The first-order chi connectivity index (χ1) is 7.02. The van der Waals surface area contributed by atoms with Gasteiger partial charge in [0.15, 0.2) is 0 Å². The predicted octanol–water partition coefficient (Wildman–Crippen LogP) is 0.314. The van der Waals surface area contributed by atoms with E-state index < -0.39 is 6.10 Å². The molecule has 0 aliphatic carbocycles. The van der Waals surface area contributed by atoms with E-state index in [1.54, 1.807) is 0 Å². The largest absolute Gasteiger partial charge is 0.389 e. The van der Waals surface area contributed by atoms with Crippen LogP contribution in [0, 0.1) is 0 Å². The molecule has 0 aromatic heterocycles. The molecule has 0 amide bonds. The van der Waals surface area contributed by atoms with Crippen molar-refractivity contribution in [3.8, 4) is 0 Å². The van der Waals surface area contributed by atoms with Crippen LogP contribution in [-0.2, 0) is 4.74 Å². The van der Waals surface area contributed by atoms with Crippen LogP contribution in [0.15, 0.2) is 0 Å². The molecular formula is C11H26N2O2. The van der Waals surface area contributed by atoms with Crippen molar-refractivity contribution in [1.82, 2.24) is 10.2 Å². The van der Waals surface area contributed by atoms with Crippen molar-refractivity contribution in [3.63, 3.8) is 0 Å². The van der Waals surface area contributed by atoms with Crippen molar-refractivity contribution in [3.05, 3.63) is 0 Å². The second-order valence-corrected chi connectivity index (χ2v) is 4.40. The molecule has 0 aromatic rings. The average Bonchev–Trinajstić information content (AvgIpc) is 2.13.